The molecule has 0 spiro atoms. The minimum Gasteiger partial charge on any atom is -0.294 e. The Morgan fingerprint density at radius 2 is 1.86 bits per heavy atom. The van der Waals surface area contributed by atoms with E-state index in [-0.39, 0.29) is 5.78 Å². The fourth-order valence-corrected chi connectivity index (χ4v) is 3.40. The summed E-state index contributed by atoms with van der Waals surface area (Å²) in [6.45, 7) is 5.32. The van der Waals surface area contributed by atoms with Gasteiger partial charge in [-0.1, -0.05) is 30.3 Å². The Hall–Kier alpha value is -1.68. The van der Waals surface area contributed by atoms with Crippen LogP contribution in [0, 0.1) is 13.8 Å². The second-order valence-corrected chi connectivity index (χ2v) is 6.11. The molecule has 3 nitrogen and oxygen atoms in total. The Labute approximate surface area is 130 Å². The van der Waals surface area contributed by atoms with E-state index >= 15 is 0 Å². The number of aromatic nitrogens is 2. The number of aryl methyl sites for hydroxylation is 3. The summed E-state index contributed by atoms with van der Waals surface area (Å²) in [6.07, 6.45) is 2.11. The van der Waals surface area contributed by atoms with Crippen molar-refractivity contribution in [3.05, 3.63) is 53.0 Å². The Morgan fingerprint density at radius 1 is 1.14 bits per heavy atom. The van der Waals surface area contributed by atoms with Crippen molar-refractivity contribution < 1.29 is 4.79 Å². The molecule has 0 N–H and O–H groups in total. The van der Waals surface area contributed by atoms with E-state index in [2.05, 4.69) is 34.2 Å². The van der Waals surface area contributed by atoms with Crippen LogP contribution in [-0.2, 0) is 6.42 Å². The zero-order valence-corrected chi connectivity index (χ0v) is 13.5. The monoisotopic (exact) mass is 300 g/mol. The third-order valence-electron chi connectivity index (χ3n) is 3.21. The standard InChI is InChI=1S/C17H20N2OS/c1-12-16(13(2)20)17(19-14(3)18-12)21-11-7-10-15-8-5-4-6-9-15/h4-6,8-9H,7,10-11H2,1-3H3. The summed E-state index contributed by atoms with van der Waals surface area (Å²) in [6, 6.07) is 10.4. The van der Waals surface area contributed by atoms with Crippen LogP contribution >= 0.6 is 11.8 Å². The molecule has 0 radical (unpaired) electrons. The molecule has 0 aliphatic rings. The Balaban J connectivity index is 1.98. The van der Waals surface area contributed by atoms with Gasteiger partial charge >= 0.3 is 0 Å². The van der Waals surface area contributed by atoms with Crippen LogP contribution < -0.4 is 0 Å². The predicted octanol–water partition coefficient (Wildman–Crippen LogP) is 4.02. The van der Waals surface area contributed by atoms with Crippen molar-refractivity contribution >= 4 is 17.5 Å². The number of ketones is 1. The van der Waals surface area contributed by atoms with E-state index in [1.807, 2.05) is 19.9 Å². The fraction of sp³-hybridized carbons (Fsp3) is 0.353. The lowest BCUT2D eigenvalue weighted by Gasteiger charge is -2.09. The molecular formula is C17H20N2OS. The molecule has 0 saturated carbocycles. The molecule has 0 saturated heterocycles. The molecule has 21 heavy (non-hydrogen) atoms. The second-order valence-electron chi connectivity index (χ2n) is 5.03. The van der Waals surface area contributed by atoms with Crippen LogP contribution in [0.5, 0.6) is 0 Å². The van der Waals surface area contributed by atoms with Crippen LogP contribution in [0.2, 0.25) is 0 Å². The van der Waals surface area contributed by atoms with Gasteiger partial charge in [-0.15, -0.1) is 11.8 Å². The number of carbonyl (C=O) groups excluding carboxylic acids is 1. The van der Waals surface area contributed by atoms with Crippen molar-refractivity contribution in [2.24, 2.45) is 0 Å². The molecule has 2 aromatic rings. The number of hydrogen-bond donors (Lipinski definition) is 0. The molecule has 110 valence electrons. The number of Topliss-reactive ketones (excluding diaryl/α,β-unsaturated/α-hetero) is 1. The van der Waals surface area contributed by atoms with E-state index in [1.165, 1.54) is 5.56 Å². The highest BCUT2D eigenvalue weighted by Crippen LogP contribution is 2.24. The van der Waals surface area contributed by atoms with Gasteiger partial charge < -0.3 is 0 Å². The van der Waals surface area contributed by atoms with E-state index in [4.69, 9.17) is 0 Å². The highest BCUT2D eigenvalue weighted by molar-refractivity contribution is 7.99. The number of carbonyl (C=O) groups is 1. The highest BCUT2D eigenvalue weighted by Gasteiger charge is 2.14. The lowest BCUT2D eigenvalue weighted by Crippen LogP contribution is -2.06. The van der Waals surface area contributed by atoms with Crippen LogP contribution in [0.3, 0.4) is 0 Å². The van der Waals surface area contributed by atoms with Gasteiger partial charge in [0.2, 0.25) is 0 Å². The summed E-state index contributed by atoms with van der Waals surface area (Å²) in [5.74, 6) is 1.71. The van der Waals surface area contributed by atoms with E-state index < -0.39 is 0 Å². The van der Waals surface area contributed by atoms with Crippen molar-refractivity contribution in [3.8, 4) is 0 Å². The average molecular weight is 300 g/mol. The predicted molar refractivity (Wildman–Crippen MR) is 87.0 cm³/mol. The molecular weight excluding hydrogens is 280 g/mol. The summed E-state index contributed by atoms with van der Waals surface area (Å²) in [7, 11) is 0. The Kier molecular flexibility index (Phi) is 5.51. The van der Waals surface area contributed by atoms with Crippen LogP contribution in [0.25, 0.3) is 0 Å². The van der Waals surface area contributed by atoms with Crippen LogP contribution in [0.15, 0.2) is 35.4 Å². The van der Waals surface area contributed by atoms with Crippen molar-refractivity contribution in [1.29, 1.82) is 0 Å². The van der Waals surface area contributed by atoms with Gasteiger partial charge in [0, 0.05) is 0 Å². The number of nitrogens with zero attached hydrogens (tertiary/aromatic N) is 2. The lowest BCUT2D eigenvalue weighted by molar-refractivity contribution is 0.101. The maximum absolute atomic E-state index is 11.8. The molecule has 0 aliphatic heterocycles. The zero-order valence-electron chi connectivity index (χ0n) is 12.7. The van der Waals surface area contributed by atoms with Crippen molar-refractivity contribution in [2.75, 3.05) is 5.75 Å². The molecule has 4 heteroatoms. The van der Waals surface area contributed by atoms with Gasteiger partial charge in [-0.2, -0.15) is 0 Å². The number of rotatable bonds is 6. The maximum atomic E-state index is 11.8. The summed E-state index contributed by atoms with van der Waals surface area (Å²) < 4.78 is 0. The minimum atomic E-state index is 0.0399. The normalized spacial score (nSPS) is 10.6. The second kappa shape index (κ2) is 7.36. The van der Waals surface area contributed by atoms with Gasteiger partial charge in [0.1, 0.15) is 10.9 Å². The zero-order chi connectivity index (χ0) is 15.2. The summed E-state index contributed by atoms with van der Waals surface area (Å²) in [4.78, 5) is 20.5. The number of thioether (sulfide) groups is 1. The molecule has 1 heterocycles. The van der Waals surface area contributed by atoms with Crippen LogP contribution in [-0.4, -0.2) is 21.5 Å². The van der Waals surface area contributed by atoms with Gasteiger partial charge in [-0.05, 0) is 44.9 Å². The van der Waals surface area contributed by atoms with E-state index in [1.54, 1.807) is 18.7 Å². The van der Waals surface area contributed by atoms with Crippen LogP contribution in [0.4, 0.5) is 0 Å². The van der Waals surface area contributed by atoms with Gasteiger partial charge in [0.05, 0.1) is 11.3 Å². The number of hydrogen-bond acceptors (Lipinski definition) is 4. The summed E-state index contributed by atoms with van der Waals surface area (Å²) >= 11 is 1.65. The molecule has 0 atom stereocenters. The van der Waals surface area contributed by atoms with E-state index in [0.29, 0.717) is 5.56 Å². The molecule has 2 rings (SSSR count). The quantitative estimate of drug-likeness (QED) is 0.350. The number of benzene rings is 1. The molecule has 1 aromatic heterocycles. The van der Waals surface area contributed by atoms with E-state index in [0.717, 1.165) is 35.1 Å². The van der Waals surface area contributed by atoms with Gasteiger partial charge in [-0.25, -0.2) is 9.97 Å². The largest absolute Gasteiger partial charge is 0.294 e. The first kappa shape index (κ1) is 15.7. The molecule has 0 fully saturated rings. The van der Waals surface area contributed by atoms with Crippen LogP contribution in [0.1, 0.15) is 40.8 Å². The molecule has 0 amide bonds. The summed E-state index contributed by atoms with van der Waals surface area (Å²) in [5.41, 5.74) is 2.80. The van der Waals surface area contributed by atoms with Crippen molar-refractivity contribution in [1.82, 2.24) is 9.97 Å². The van der Waals surface area contributed by atoms with Gasteiger partial charge in [-0.3, -0.25) is 4.79 Å². The van der Waals surface area contributed by atoms with E-state index in [9.17, 15) is 4.79 Å². The van der Waals surface area contributed by atoms with Gasteiger partial charge in [0.25, 0.3) is 0 Å². The van der Waals surface area contributed by atoms with Gasteiger partial charge in [0.15, 0.2) is 5.78 Å². The molecule has 0 unspecified atom stereocenters. The van der Waals surface area contributed by atoms with Crippen molar-refractivity contribution in [2.45, 2.75) is 38.6 Å². The Morgan fingerprint density at radius 3 is 2.52 bits per heavy atom. The molecule has 0 aliphatic carbocycles. The highest BCUT2D eigenvalue weighted by atomic mass is 32.2. The summed E-state index contributed by atoms with van der Waals surface area (Å²) in [5, 5.41) is 0.820. The lowest BCUT2D eigenvalue weighted by atomic mass is 10.1. The van der Waals surface area contributed by atoms with Crippen molar-refractivity contribution in [3.63, 3.8) is 0 Å². The third kappa shape index (κ3) is 4.39. The minimum absolute atomic E-state index is 0.0399. The third-order valence-corrected chi connectivity index (χ3v) is 4.27. The maximum Gasteiger partial charge on any atom is 0.164 e. The Bertz CT molecular complexity index is 626. The first-order valence-corrected chi connectivity index (χ1v) is 8.09. The SMILES string of the molecule is CC(=O)c1c(C)nc(C)nc1SCCCc1ccccc1. The topological polar surface area (TPSA) is 42.9 Å². The molecule has 0 bridgehead atoms. The average Bonchev–Trinajstić information content (AvgIpc) is 2.43. The smallest absolute Gasteiger partial charge is 0.164 e. The first-order chi connectivity index (χ1) is 10.1. The first-order valence-electron chi connectivity index (χ1n) is 7.11. The fourth-order valence-electron chi connectivity index (χ4n) is 2.28. The molecule has 1 aromatic carbocycles.